The van der Waals surface area contributed by atoms with Crippen LogP contribution in [-0.2, 0) is 9.59 Å². The molecule has 21 heavy (non-hydrogen) atoms. The fourth-order valence-electron chi connectivity index (χ4n) is 3.66. The van der Waals surface area contributed by atoms with Crippen LogP contribution in [0.3, 0.4) is 0 Å². The van der Waals surface area contributed by atoms with Gasteiger partial charge in [0.15, 0.2) is 0 Å². The summed E-state index contributed by atoms with van der Waals surface area (Å²) in [4.78, 5) is 24.5. The Morgan fingerprint density at radius 2 is 1.90 bits per heavy atom. The molecule has 2 fully saturated rings. The van der Waals surface area contributed by atoms with E-state index in [0.717, 1.165) is 24.8 Å². The summed E-state index contributed by atoms with van der Waals surface area (Å²) in [6, 6.07) is 4.39. The maximum absolute atomic E-state index is 13.3. The van der Waals surface area contributed by atoms with Gasteiger partial charge in [-0.05, 0) is 50.3 Å². The van der Waals surface area contributed by atoms with Crippen molar-refractivity contribution in [3.8, 4) is 0 Å². The Kier molecular flexibility index (Phi) is 3.79. The van der Waals surface area contributed by atoms with Gasteiger partial charge >= 0.3 is 0 Å². The highest BCUT2D eigenvalue weighted by atomic mass is 19.1. The van der Waals surface area contributed by atoms with Crippen molar-refractivity contribution in [1.82, 2.24) is 0 Å². The summed E-state index contributed by atoms with van der Waals surface area (Å²) in [7, 11) is 0. The number of hydrogen-bond acceptors (Lipinski definition) is 2. The number of anilines is 1. The van der Waals surface area contributed by atoms with Crippen molar-refractivity contribution < 1.29 is 14.0 Å². The van der Waals surface area contributed by atoms with Gasteiger partial charge in [0.05, 0.1) is 0 Å². The molecule has 2 aliphatic rings. The van der Waals surface area contributed by atoms with Gasteiger partial charge in [-0.3, -0.25) is 9.59 Å². The summed E-state index contributed by atoms with van der Waals surface area (Å²) in [6.45, 7) is 1.84. The summed E-state index contributed by atoms with van der Waals surface area (Å²) in [5.74, 6) is -0.0868. The largest absolute Gasteiger partial charge is 0.326 e. The van der Waals surface area contributed by atoms with Gasteiger partial charge < -0.3 is 5.32 Å². The minimum Gasteiger partial charge on any atom is -0.326 e. The molecule has 0 radical (unpaired) electrons. The number of benzene rings is 1. The first-order valence-electron chi connectivity index (χ1n) is 7.65. The molecule has 1 N–H and O–H groups in total. The molecule has 2 saturated carbocycles. The lowest BCUT2D eigenvalue weighted by atomic mass is 9.67. The van der Waals surface area contributed by atoms with E-state index in [4.69, 9.17) is 0 Å². The maximum Gasteiger partial charge on any atom is 0.227 e. The van der Waals surface area contributed by atoms with E-state index < -0.39 is 0 Å². The first kappa shape index (κ1) is 14.2. The number of amides is 1. The van der Waals surface area contributed by atoms with Crippen molar-refractivity contribution in [2.75, 3.05) is 5.32 Å². The van der Waals surface area contributed by atoms with Crippen LogP contribution in [0.25, 0.3) is 0 Å². The minimum absolute atomic E-state index is 0.0573. The van der Waals surface area contributed by atoms with Crippen LogP contribution in [0.15, 0.2) is 18.2 Å². The van der Waals surface area contributed by atoms with Gasteiger partial charge in [0.1, 0.15) is 11.6 Å². The van der Waals surface area contributed by atoms with Crippen molar-refractivity contribution in [3.63, 3.8) is 0 Å². The molecule has 2 atom stereocenters. The van der Waals surface area contributed by atoms with Gasteiger partial charge in [0.2, 0.25) is 5.91 Å². The topological polar surface area (TPSA) is 46.2 Å². The highest BCUT2D eigenvalue weighted by Crippen LogP contribution is 2.40. The average molecular weight is 289 g/mol. The molecule has 2 bridgehead atoms. The van der Waals surface area contributed by atoms with Crippen molar-refractivity contribution in [2.24, 2.45) is 17.8 Å². The summed E-state index contributed by atoms with van der Waals surface area (Å²) in [5, 5.41) is 2.83. The predicted molar refractivity (Wildman–Crippen MR) is 78.3 cm³/mol. The Hall–Kier alpha value is -1.71. The van der Waals surface area contributed by atoms with Crippen LogP contribution in [0.5, 0.6) is 0 Å². The van der Waals surface area contributed by atoms with Crippen molar-refractivity contribution in [1.29, 1.82) is 0 Å². The molecule has 0 heterocycles. The third-order valence-corrected chi connectivity index (χ3v) is 4.88. The standard InChI is InChI=1S/C17H20FNO2/c1-10-5-6-14(18)9-15(10)19-17(21)13-7-11-3-2-4-12(8-13)16(11)20/h5-6,9,11-13H,2-4,7-8H2,1H3,(H,19,21)/t11-,12-/m0/s1. The number of hydrogen-bond donors (Lipinski definition) is 1. The summed E-state index contributed by atoms with van der Waals surface area (Å²) < 4.78 is 13.3. The third-order valence-electron chi connectivity index (χ3n) is 4.88. The quantitative estimate of drug-likeness (QED) is 0.906. The van der Waals surface area contributed by atoms with Gasteiger partial charge in [0, 0.05) is 23.4 Å². The second kappa shape index (κ2) is 5.58. The molecule has 112 valence electrons. The van der Waals surface area contributed by atoms with Crippen LogP contribution >= 0.6 is 0 Å². The van der Waals surface area contributed by atoms with Crippen LogP contribution in [0, 0.1) is 30.5 Å². The fourth-order valence-corrected chi connectivity index (χ4v) is 3.66. The smallest absolute Gasteiger partial charge is 0.227 e. The molecule has 3 rings (SSSR count). The average Bonchev–Trinajstić information content (AvgIpc) is 2.42. The Morgan fingerprint density at radius 1 is 1.24 bits per heavy atom. The molecular weight excluding hydrogens is 269 g/mol. The third kappa shape index (κ3) is 2.85. The molecule has 0 unspecified atom stereocenters. The van der Waals surface area contributed by atoms with E-state index in [9.17, 15) is 14.0 Å². The molecule has 2 aliphatic carbocycles. The summed E-state index contributed by atoms with van der Waals surface area (Å²) in [6.07, 6.45) is 4.22. The fraction of sp³-hybridized carbons (Fsp3) is 0.529. The summed E-state index contributed by atoms with van der Waals surface area (Å²) in [5.41, 5.74) is 1.37. The maximum atomic E-state index is 13.3. The lowest BCUT2D eigenvalue weighted by molar-refractivity contribution is -0.136. The lowest BCUT2D eigenvalue weighted by Gasteiger charge is -2.37. The van der Waals surface area contributed by atoms with Gasteiger partial charge in [-0.25, -0.2) is 4.39 Å². The van der Waals surface area contributed by atoms with Crippen LogP contribution < -0.4 is 5.32 Å². The van der Waals surface area contributed by atoms with E-state index in [0.29, 0.717) is 24.3 Å². The highest BCUT2D eigenvalue weighted by molar-refractivity contribution is 5.95. The first-order valence-corrected chi connectivity index (χ1v) is 7.65. The van der Waals surface area contributed by atoms with Gasteiger partial charge in [-0.15, -0.1) is 0 Å². The molecule has 4 heteroatoms. The lowest BCUT2D eigenvalue weighted by Crippen LogP contribution is -2.40. The van der Waals surface area contributed by atoms with Crippen molar-refractivity contribution in [3.05, 3.63) is 29.6 Å². The first-order chi connectivity index (χ1) is 10.0. The van der Waals surface area contributed by atoms with E-state index >= 15 is 0 Å². The van der Waals surface area contributed by atoms with E-state index in [1.165, 1.54) is 12.1 Å². The van der Waals surface area contributed by atoms with Gasteiger partial charge in [0.25, 0.3) is 0 Å². The number of rotatable bonds is 2. The predicted octanol–water partition coefficient (Wildman–Crippen LogP) is 3.47. The molecule has 0 aromatic heterocycles. The molecule has 1 aromatic rings. The van der Waals surface area contributed by atoms with E-state index in [2.05, 4.69) is 5.32 Å². The number of aryl methyl sites for hydroxylation is 1. The Morgan fingerprint density at radius 3 is 2.57 bits per heavy atom. The second-order valence-electron chi connectivity index (χ2n) is 6.34. The van der Waals surface area contributed by atoms with Crippen molar-refractivity contribution >= 4 is 17.4 Å². The van der Waals surface area contributed by atoms with Crippen LogP contribution in [0.1, 0.15) is 37.7 Å². The molecular formula is C17H20FNO2. The summed E-state index contributed by atoms with van der Waals surface area (Å²) >= 11 is 0. The number of ketones is 1. The Labute approximate surface area is 123 Å². The molecule has 0 aliphatic heterocycles. The Balaban J connectivity index is 1.71. The number of fused-ring (bicyclic) bond motifs is 2. The zero-order valence-corrected chi connectivity index (χ0v) is 12.2. The van der Waals surface area contributed by atoms with Crippen LogP contribution in [0.2, 0.25) is 0 Å². The molecule has 1 aromatic carbocycles. The molecule has 0 saturated heterocycles. The SMILES string of the molecule is Cc1ccc(F)cc1NC(=O)C1C[C@@H]2CCC[C@@H](C1)C2=O. The second-order valence-corrected chi connectivity index (χ2v) is 6.34. The van der Waals surface area contributed by atoms with Crippen LogP contribution in [-0.4, -0.2) is 11.7 Å². The number of carbonyl (C=O) groups excluding carboxylic acids is 2. The van der Waals surface area contributed by atoms with Crippen molar-refractivity contribution in [2.45, 2.75) is 39.0 Å². The number of carbonyl (C=O) groups is 2. The number of nitrogens with one attached hydrogen (secondary N) is 1. The Bertz CT molecular complexity index is 568. The number of halogens is 1. The van der Waals surface area contributed by atoms with Crippen LogP contribution in [0.4, 0.5) is 10.1 Å². The zero-order valence-electron chi connectivity index (χ0n) is 12.2. The monoisotopic (exact) mass is 289 g/mol. The highest BCUT2D eigenvalue weighted by Gasteiger charge is 2.41. The van der Waals surface area contributed by atoms with E-state index in [1.807, 2.05) is 6.92 Å². The van der Waals surface area contributed by atoms with Gasteiger partial charge in [-0.1, -0.05) is 12.5 Å². The van der Waals surface area contributed by atoms with E-state index in [1.54, 1.807) is 6.07 Å². The van der Waals surface area contributed by atoms with E-state index in [-0.39, 0.29) is 29.5 Å². The zero-order chi connectivity index (χ0) is 15.0. The molecule has 0 spiro atoms. The normalized spacial score (nSPS) is 28.3. The molecule has 1 amide bonds. The van der Waals surface area contributed by atoms with Gasteiger partial charge in [-0.2, -0.15) is 0 Å². The molecule has 3 nitrogen and oxygen atoms in total. The minimum atomic E-state index is -0.355. The number of Topliss-reactive ketones (excluding diaryl/α,β-unsaturated/α-hetero) is 1.